The highest BCUT2D eigenvalue weighted by molar-refractivity contribution is 5.81. The van der Waals surface area contributed by atoms with E-state index in [1.807, 2.05) is 47.5 Å². The molecule has 0 radical (unpaired) electrons. The molecule has 1 aliphatic rings. The van der Waals surface area contributed by atoms with E-state index < -0.39 is 6.10 Å². The summed E-state index contributed by atoms with van der Waals surface area (Å²) in [5.41, 5.74) is 1.11. The van der Waals surface area contributed by atoms with E-state index in [9.17, 15) is 4.79 Å². The highest BCUT2D eigenvalue weighted by atomic mass is 16.5. The van der Waals surface area contributed by atoms with Crippen LogP contribution in [-0.2, 0) is 11.2 Å². The number of rotatable bonds is 7. The van der Waals surface area contributed by atoms with Gasteiger partial charge in [-0.25, -0.2) is 0 Å². The van der Waals surface area contributed by atoms with Crippen LogP contribution in [-0.4, -0.2) is 66.6 Å². The summed E-state index contributed by atoms with van der Waals surface area (Å²) in [6, 6.07) is 13.4. The summed E-state index contributed by atoms with van der Waals surface area (Å²) in [4.78, 5) is 21.4. The number of ether oxygens (including phenoxy) is 2. The van der Waals surface area contributed by atoms with Gasteiger partial charge in [0, 0.05) is 51.0 Å². The second kappa shape index (κ2) is 9.37. The van der Waals surface area contributed by atoms with E-state index in [2.05, 4.69) is 16.0 Å². The zero-order valence-corrected chi connectivity index (χ0v) is 16.0. The average molecular weight is 369 g/mol. The quantitative estimate of drug-likeness (QED) is 0.749. The molecule has 27 heavy (non-hydrogen) atoms. The van der Waals surface area contributed by atoms with Crippen LogP contribution in [0.25, 0.3) is 0 Å². The van der Waals surface area contributed by atoms with E-state index in [-0.39, 0.29) is 5.91 Å². The molecule has 1 amide bonds. The number of pyridine rings is 1. The Morgan fingerprint density at radius 2 is 1.78 bits per heavy atom. The Kier molecular flexibility index (Phi) is 6.65. The third-order valence-electron chi connectivity index (χ3n) is 4.81. The molecule has 1 saturated heterocycles. The molecule has 2 heterocycles. The lowest BCUT2D eigenvalue weighted by atomic mass is 10.2. The second-order valence-electron chi connectivity index (χ2n) is 6.65. The number of benzene rings is 1. The van der Waals surface area contributed by atoms with Gasteiger partial charge in [0.05, 0.1) is 7.11 Å². The molecule has 1 aliphatic heterocycles. The number of carbonyl (C=O) groups excluding carboxylic acids is 1. The van der Waals surface area contributed by atoms with E-state index in [0.717, 1.165) is 44.8 Å². The Morgan fingerprint density at radius 1 is 1.07 bits per heavy atom. The Bertz CT molecular complexity index is 730. The monoisotopic (exact) mass is 369 g/mol. The molecule has 6 heteroatoms. The average Bonchev–Trinajstić information content (AvgIpc) is 2.73. The minimum absolute atomic E-state index is 0.0188. The predicted octanol–water partition coefficient (Wildman–Crippen LogP) is 2.24. The molecule has 0 unspecified atom stereocenters. The van der Waals surface area contributed by atoms with E-state index in [1.54, 1.807) is 14.0 Å². The predicted molar refractivity (Wildman–Crippen MR) is 104 cm³/mol. The van der Waals surface area contributed by atoms with Gasteiger partial charge < -0.3 is 14.4 Å². The molecule has 0 saturated carbocycles. The minimum atomic E-state index is -0.540. The number of carbonyl (C=O) groups is 1. The summed E-state index contributed by atoms with van der Waals surface area (Å²) in [5, 5.41) is 0. The number of amides is 1. The smallest absolute Gasteiger partial charge is 0.263 e. The number of nitrogens with zero attached hydrogens (tertiary/aromatic N) is 3. The van der Waals surface area contributed by atoms with Crippen LogP contribution >= 0.6 is 0 Å². The van der Waals surface area contributed by atoms with Gasteiger partial charge in [0.1, 0.15) is 0 Å². The highest BCUT2D eigenvalue weighted by Gasteiger charge is 2.26. The van der Waals surface area contributed by atoms with Crippen molar-refractivity contribution in [1.29, 1.82) is 0 Å². The van der Waals surface area contributed by atoms with Crippen molar-refractivity contribution in [3.05, 3.63) is 54.4 Å². The Hall–Kier alpha value is -2.60. The Balaban J connectivity index is 1.46. The maximum absolute atomic E-state index is 12.7. The molecule has 1 atom stereocenters. The van der Waals surface area contributed by atoms with Crippen LogP contribution < -0.4 is 9.47 Å². The SMILES string of the molecule is COc1ccccc1O[C@H](C)C(=O)N1CCN(CCc2ccccn2)CC1. The highest BCUT2D eigenvalue weighted by Crippen LogP contribution is 2.27. The molecule has 6 nitrogen and oxygen atoms in total. The summed E-state index contributed by atoms with van der Waals surface area (Å²) in [6.07, 6.45) is 2.22. The van der Waals surface area contributed by atoms with Crippen LogP contribution in [0.3, 0.4) is 0 Å². The normalized spacial score (nSPS) is 16.0. The van der Waals surface area contributed by atoms with Crippen LogP contribution in [0.1, 0.15) is 12.6 Å². The Labute approximate surface area is 160 Å². The molecule has 0 spiro atoms. The van der Waals surface area contributed by atoms with Crippen molar-refractivity contribution in [3.63, 3.8) is 0 Å². The molecule has 144 valence electrons. The number of aromatic nitrogens is 1. The zero-order valence-electron chi connectivity index (χ0n) is 16.0. The van der Waals surface area contributed by atoms with Gasteiger partial charge in [0.15, 0.2) is 17.6 Å². The van der Waals surface area contributed by atoms with Crippen LogP contribution in [0, 0.1) is 0 Å². The number of methoxy groups -OCH3 is 1. The molecule has 0 N–H and O–H groups in total. The topological polar surface area (TPSA) is 54.9 Å². The fraction of sp³-hybridized carbons (Fsp3) is 0.429. The minimum Gasteiger partial charge on any atom is -0.493 e. The van der Waals surface area contributed by atoms with Crippen LogP contribution in [0.4, 0.5) is 0 Å². The van der Waals surface area contributed by atoms with Gasteiger partial charge in [-0.1, -0.05) is 18.2 Å². The first-order chi connectivity index (χ1) is 13.2. The summed E-state index contributed by atoms with van der Waals surface area (Å²) < 4.78 is 11.1. The maximum atomic E-state index is 12.7. The molecule has 1 aromatic carbocycles. The molecule has 1 aromatic heterocycles. The lowest BCUT2D eigenvalue weighted by Crippen LogP contribution is -2.52. The molecular formula is C21H27N3O3. The van der Waals surface area contributed by atoms with Gasteiger partial charge in [0.25, 0.3) is 5.91 Å². The first-order valence-corrected chi connectivity index (χ1v) is 9.38. The van der Waals surface area contributed by atoms with Crippen LogP contribution in [0.2, 0.25) is 0 Å². The first-order valence-electron chi connectivity index (χ1n) is 9.38. The van der Waals surface area contributed by atoms with Crippen molar-refractivity contribution in [2.75, 3.05) is 39.8 Å². The van der Waals surface area contributed by atoms with Crippen molar-refractivity contribution in [3.8, 4) is 11.5 Å². The fourth-order valence-corrected chi connectivity index (χ4v) is 3.22. The summed E-state index contributed by atoms with van der Waals surface area (Å²) >= 11 is 0. The first kappa shape index (κ1) is 19.2. The van der Waals surface area contributed by atoms with Crippen LogP contribution in [0.5, 0.6) is 11.5 Å². The van der Waals surface area contributed by atoms with E-state index in [0.29, 0.717) is 11.5 Å². The second-order valence-corrected chi connectivity index (χ2v) is 6.65. The maximum Gasteiger partial charge on any atom is 0.263 e. The van der Waals surface area contributed by atoms with Crippen molar-refractivity contribution < 1.29 is 14.3 Å². The zero-order chi connectivity index (χ0) is 19.1. The van der Waals surface area contributed by atoms with Gasteiger partial charge >= 0.3 is 0 Å². The molecule has 3 rings (SSSR count). The lowest BCUT2D eigenvalue weighted by Gasteiger charge is -2.35. The molecule has 2 aromatic rings. The Morgan fingerprint density at radius 3 is 2.44 bits per heavy atom. The molecule has 1 fully saturated rings. The summed E-state index contributed by atoms with van der Waals surface area (Å²) in [5.74, 6) is 1.25. The van der Waals surface area contributed by atoms with Crippen LogP contribution in [0.15, 0.2) is 48.7 Å². The third-order valence-corrected chi connectivity index (χ3v) is 4.81. The van der Waals surface area contributed by atoms with Crippen molar-refractivity contribution in [2.24, 2.45) is 0 Å². The van der Waals surface area contributed by atoms with Crippen molar-refractivity contribution >= 4 is 5.91 Å². The van der Waals surface area contributed by atoms with Gasteiger partial charge in [-0.2, -0.15) is 0 Å². The number of hydrogen-bond acceptors (Lipinski definition) is 5. The van der Waals surface area contributed by atoms with Gasteiger partial charge in [-0.3, -0.25) is 14.7 Å². The van der Waals surface area contributed by atoms with E-state index in [1.165, 1.54) is 0 Å². The number of hydrogen-bond donors (Lipinski definition) is 0. The van der Waals surface area contributed by atoms with E-state index in [4.69, 9.17) is 9.47 Å². The van der Waals surface area contributed by atoms with Crippen molar-refractivity contribution in [2.45, 2.75) is 19.4 Å². The molecule has 0 aliphatic carbocycles. The summed E-state index contributed by atoms with van der Waals surface area (Å²) in [7, 11) is 1.60. The summed E-state index contributed by atoms with van der Waals surface area (Å²) in [6.45, 7) is 5.95. The largest absolute Gasteiger partial charge is 0.493 e. The molecular weight excluding hydrogens is 342 g/mol. The van der Waals surface area contributed by atoms with Gasteiger partial charge in [-0.15, -0.1) is 0 Å². The molecule has 0 bridgehead atoms. The van der Waals surface area contributed by atoms with Crippen molar-refractivity contribution in [1.82, 2.24) is 14.8 Å². The standard InChI is InChI=1S/C21H27N3O3/c1-17(27-20-9-4-3-8-19(20)26-2)21(25)24-15-13-23(14-16-24)12-10-18-7-5-6-11-22-18/h3-9,11,17H,10,12-16H2,1-2H3/t17-/m1/s1. The van der Waals surface area contributed by atoms with E-state index >= 15 is 0 Å². The lowest BCUT2D eigenvalue weighted by molar-refractivity contribution is -0.139. The number of piperazine rings is 1. The van der Waals surface area contributed by atoms with Gasteiger partial charge in [-0.05, 0) is 31.2 Å². The fourth-order valence-electron chi connectivity index (χ4n) is 3.22. The third kappa shape index (κ3) is 5.20. The van der Waals surface area contributed by atoms with Gasteiger partial charge in [0.2, 0.25) is 0 Å². The number of para-hydroxylation sites is 2.